The fourth-order valence-corrected chi connectivity index (χ4v) is 2.42. The van der Waals surface area contributed by atoms with Gasteiger partial charge in [0.1, 0.15) is 0 Å². The Labute approximate surface area is 111 Å². The van der Waals surface area contributed by atoms with Gasteiger partial charge in [-0.25, -0.2) is 0 Å². The molecule has 102 valence electrons. The normalized spacial score (nSPS) is 24.9. The van der Waals surface area contributed by atoms with Crippen LogP contribution in [0.3, 0.4) is 0 Å². The maximum atomic E-state index is 11.8. The number of halogens is 1. The van der Waals surface area contributed by atoms with Crippen LogP contribution in [0.1, 0.15) is 52.9 Å². The van der Waals surface area contributed by atoms with Crippen LogP contribution in [0.5, 0.6) is 0 Å². The summed E-state index contributed by atoms with van der Waals surface area (Å²) in [4.78, 5) is 11.8. The van der Waals surface area contributed by atoms with Gasteiger partial charge in [-0.3, -0.25) is 4.79 Å². The molecule has 0 aromatic carbocycles. The molecule has 1 amide bonds. The lowest BCUT2D eigenvalue weighted by molar-refractivity contribution is -0.124. The summed E-state index contributed by atoms with van der Waals surface area (Å²) in [6, 6.07) is 0.314. The molecule has 0 radical (unpaired) electrons. The van der Waals surface area contributed by atoms with Gasteiger partial charge < -0.3 is 11.1 Å². The zero-order valence-electron chi connectivity index (χ0n) is 11.3. The Morgan fingerprint density at radius 3 is 2.41 bits per heavy atom. The van der Waals surface area contributed by atoms with Gasteiger partial charge in [0.05, 0.1) is 0 Å². The van der Waals surface area contributed by atoms with E-state index in [0.717, 1.165) is 12.8 Å². The van der Waals surface area contributed by atoms with E-state index >= 15 is 0 Å². The van der Waals surface area contributed by atoms with Crippen molar-refractivity contribution >= 4 is 18.3 Å². The van der Waals surface area contributed by atoms with Crippen molar-refractivity contribution < 1.29 is 4.79 Å². The lowest BCUT2D eigenvalue weighted by Crippen LogP contribution is -2.45. The molecule has 0 heterocycles. The van der Waals surface area contributed by atoms with Crippen molar-refractivity contribution in [3.05, 3.63) is 0 Å². The molecule has 0 saturated heterocycles. The summed E-state index contributed by atoms with van der Waals surface area (Å²) in [5, 5.41) is 3.16. The second-order valence-electron chi connectivity index (χ2n) is 6.19. The number of rotatable bonds is 3. The van der Waals surface area contributed by atoms with Gasteiger partial charge in [0.15, 0.2) is 0 Å². The van der Waals surface area contributed by atoms with Crippen LogP contribution in [-0.2, 0) is 4.79 Å². The Bertz CT molecular complexity index is 238. The minimum absolute atomic E-state index is 0. The van der Waals surface area contributed by atoms with E-state index in [1.807, 2.05) is 0 Å². The molecule has 4 heteroatoms. The third-order valence-corrected chi connectivity index (χ3v) is 3.25. The first-order chi connectivity index (χ1) is 7.42. The summed E-state index contributed by atoms with van der Waals surface area (Å²) in [5.41, 5.74) is 5.81. The smallest absolute Gasteiger partial charge is 0.220 e. The number of amides is 1. The van der Waals surface area contributed by atoms with E-state index < -0.39 is 0 Å². The van der Waals surface area contributed by atoms with Crippen LogP contribution in [0.2, 0.25) is 0 Å². The van der Waals surface area contributed by atoms with Crippen LogP contribution in [0.4, 0.5) is 0 Å². The van der Waals surface area contributed by atoms with Gasteiger partial charge in [0, 0.05) is 12.5 Å². The number of hydrogen-bond donors (Lipinski definition) is 2. The summed E-state index contributed by atoms with van der Waals surface area (Å²) in [6.07, 6.45) is 5.33. The van der Waals surface area contributed by atoms with Gasteiger partial charge in [-0.05, 0) is 30.7 Å². The quantitative estimate of drug-likeness (QED) is 0.821. The predicted molar refractivity (Wildman–Crippen MR) is 74.3 cm³/mol. The molecule has 2 unspecified atom stereocenters. The van der Waals surface area contributed by atoms with Gasteiger partial charge >= 0.3 is 0 Å². The lowest BCUT2D eigenvalue weighted by Gasteiger charge is -2.32. The number of nitrogens with one attached hydrogen (secondary N) is 1. The molecule has 17 heavy (non-hydrogen) atoms. The molecular weight excluding hydrogens is 236 g/mol. The van der Waals surface area contributed by atoms with Crippen LogP contribution in [-0.4, -0.2) is 18.5 Å². The van der Waals surface area contributed by atoms with Crippen LogP contribution >= 0.6 is 12.4 Å². The third-order valence-electron chi connectivity index (χ3n) is 3.25. The van der Waals surface area contributed by atoms with Crippen molar-refractivity contribution in [1.82, 2.24) is 5.32 Å². The first-order valence-corrected chi connectivity index (χ1v) is 6.42. The van der Waals surface area contributed by atoms with E-state index in [0.29, 0.717) is 24.9 Å². The molecule has 0 spiro atoms. The molecule has 2 atom stereocenters. The minimum atomic E-state index is 0. The maximum absolute atomic E-state index is 11.8. The SMILES string of the molecule is CC(C)(C)CC(=O)NC1CCCCC1CN.Cl. The van der Waals surface area contributed by atoms with Crippen molar-refractivity contribution in [3.8, 4) is 0 Å². The summed E-state index contributed by atoms with van der Waals surface area (Å²) in [7, 11) is 0. The largest absolute Gasteiger partial charge is 0.353 e. The highest BCUT2D eigenvalue weighted by Crippen LogP contribution is 2.24. The van der Waals surface area contributed by atoms with Crippen LogP contribution in [0.15, 0.2) is 0 Å². The fraction of sp³-hybridized carbons (Fsp3) is 0.923. The van der Waals surface area contributed by atoms with Gasteiger partial charge in [-0.2, -0.15) is 0 Å². The Kier molecular flexibility index (Phi) is 7.10. The van der Waals surface area contributed by atoms with Gasteiger partial charge in [0.2, 0.25) is 5.91 Å². The van der Waals surface area contributed by atoms with Crippen molar-refractivity contribution in [2.75, 3.05) is 6.54 Å². The molecule has 0 aromatic heterocycles. The summed E-state index contributed by atoms with van der Waals surface area (Å²) < 4.78 is 0. The van der Waals surface area contributed by atoms with Crippen LogP contribution in [0, 0.1) is 11.3 Å². The highest BCUT2D eigenvalue weighted by atomic mass is 35.5. The highest BCUT2D eigenvalue weighted by Gasteiger charge is 2.26. The van der Waals surface area contributed by atoms with E-state index in [4.69, 9.17) is 5.73 Å². The zero-order valence-corrected chi connectivity index (χ0v) is 12.1. The Morgan fingerprint density at radius 2 is 1.88 bits per heavy atom. The van der Waals surface area contributed by atoms with Crippen molar-refractivity contribution in [2.24, 2.45) is 17.1 Å². The van der Waals surface area contributed by atoms with Gasteiger partial charge in [0.25, 0.3) is 0 Å². The summed E-state index contributed by atoms with van der Waals surface area (Å²) in [5.74, 6) is 0.663. The van der Waals surface area contributed by atoms with E-state index in [1.165, 1.54) is 12.8 Å². The first-order valence-electron chi connectivity index (χ1n) is 6.42. The molecule has 1 saturated carbocycles. The first kappa shape index (κ1) is 16.7. The van der Waals surface area contributed by atoms with Gasteiger partial charge in [-0.15, -0.1) is 12.4 Å². The van der Waals surface area contributed by atoms with Crippen LogP contribution < -0.4 is 11.1 Å². The molecule has 1 aliphatic carbocycles. The maximum Gasteiger partial charge on any atom is 0.220 e. The van der Waals surface area contributed by atoms with Crippen molar-refractivity contribution in [1.29, 1.82) is 0 Å². The van der Waals surface area contributed by atoms with E-state index in [9.17, 15) is 4.79 Å². The molecule has 0 aliphatic heterocycles. The number of carbonyl (C=O) groups is 1. The van der Waals surface area contributed by atoms with E-state index in [-0.39, 0.29) is 23.7 Å². The monoisotopic (exact) mass is 262 g/mol. The van der Waals surface area contributed by atoms with Crippen LogP contribution in [0.25, 0.3) is 0 Å². The summed E-state index contributed by atoms with van der Waals surface area (Å²) in [6.45, 7) is 6.97. The summed E-state index contributed by atoms with van der Waals surface area (Å²) >= 11 is 0. The number of nitrogens with two attached hydrogens (primary N) is 1. The van der Waals surface area contributed by atoms with E-state index in [1.54, 1.807) is 0 Å². The minimum Gasteiger partial charge on any atom is -0.353 e. The second kappa shape index (κ2) is 7.22. The standard InChI is InChI=1S/C13H26N2O.ClH/c1-13(2,3)8-12(16)15-11-7-5-4-6-10(11)9-14;/h10-11H,4-9,14H2,1-3H3,(H,15,16);1H. The third kappa shape index (κ3) is 6.27. The van der Waals surface area contributed by atoms with Crippen molar-refractivity contribution in [3.63, 3.8) is 0 Å². The Balaban J connectivity index is 0.00000256. The number of carbonyl (C=O) groups excluding carboxylic acids is 1. The lowest BCUT2D eigenvalue weighted by atomic mass is 9.84. The number of hydrogen-bond acceptors (Lipinski definition) is 2. The molecule has 1 aliphatic rings. The van der Waals surface area contributed by atoms with Crippen molar-refractivity contribution in [2.45, 2.75) is 58.9 Å². The molecule has 1 rings (SSSR count). The average molecular weight is 263 g/mol. The molecule has 0 aromatic rings. The molecule has 0 bridgehead atoms. The topological polar surface area (TPSA) is 55.1 Å². The molecule has 3 N–H and O–H groups in total. The second-order valence-corrected chi connectivity index (χ2v) is 6.19. The van der Waals surface area contributed by atoms with E-state index in [2.05, 4.69) is 26.1 Å². The zero-order chi connectivity index (χ0) is 12.2. The Hall–Kier alpha value is -0.280. The average Bonchev–Trinajstić information content (AvgIpc) is 2.15. The van der Waals surface area contributed by atoms with Gasteiger partial charge in [-0.1, -0.05) is 33.6 Å². The fourth-order valence-electron chi connectivity index (χ4n) is 2.42. The highest BCUT2D eigenvalue weighted by molar-refractivity contribution is 5.85. The molecule has 3 nitrogen and oxygen atoms in total. The molecular formula is C13H27ClN2O. The molecule has 1 fully saturated rings. The predicted octanol–water partition coefficient (Wildman–Crippen LogP) is 2.48. The Morgan fingerprint density at radius 1 is 1.29 bits per heavy atom.